The largest absolute Gasteiger partial charge is 0.459 e. The van der Waals surface area contributed by atoms with Crippen LogP contribution in [0.15, 0.2) is 60.7 Å². The number of carbonyl (C=O) groups excluding carboxylic acids is 1. The second kappa shape index (κ2) is 8.28. The first kappa shape index (κ1) is 18.3. The van der Waals surface area contributed by atoms with Gasteiger partial charge in [0.15, 0.2) is 0 Å². The first-order chi connectivity index (χ1) is 13.2. The predicted octanol–water partition coefficient (Wildman–Crippen LogP) is 5.21. The molecule has 0 saturated carbocycles. The van der Waals surface area contributed by atoms with E-state index in [1.807, 2.05) is 6.07 Å². The summed E-state index contributed by atoms with van der Waals surface area (Å²) in [4.78, 5) is 15.0. The lowest BCUT2D eigenvalue weighted by atomic mass is 9.99. The molecule has 0 spiro atoms. The highest BCUT2D eigenvalue weighted by Gasteiger charge is 2.41. The topological polar surface area (TPSA) is 29.5 Å². The van der Waals surface area contributed by atoms with Crippen LogP contribution in [-0.2, 0) is 4.74 Å². The van der Waals surface area contributed by atoms with Gasteiger partial charge in [-0.25, -0.2) is 4.79 Å². The summed E-state index contributed by atoms with van der Waals surface area (Å²) in [7, 11) is 0. The highest BCUT2D eigenvalue weighted by molar-refractivity contribution is 6.30. The molecule has 2 atom stereocenters. The summed E-state index contributed by atoms with van der Waals surface area (Å²) >= 11 is 5.89. The fourth-order valence-corrected chi connectivity index (χ4v) is 4.42. The van der Waals surface area contributed by atoms with Crippen LogP contribution in [-0.4, -0.2) is 35.6 Å². The zero-order chi connectivity index (χ0) is 18.6. The Hall–Kier alpha value is -2.10. The first-order valence-electron chi connectivity index (χ1n) is 9.63. The quantitative estimate of drug-likeness (QED) is 0.666. The van der Waals surface area contributed by atoms with E-state index >= 15 is 0 Å². The minimum atomic E-state index is -0.242. The molecular weight excluding hydrogens is 358 g/mol. The second-order valence-electron chi connectivity index (χ2n) is 7.40. The Labute approximate surface area is 165 Å². The lowest BCUT2D eigenvalue weighted by Gasteiger charge is -2.37. The molecule has 2 saturated heterocycles. The van der Waals surface area contributed by atoms with E-state index in [1.54, 1.807) is 24.3 Å². The molecule has 0 aromatic heterocycles. The minimum absolute atomic E-state index is 0.0139. The second-order valence-corrected chi connectivity index (χ2v) is 7.84. The molecule has 0 radical (unpaired) electrons. The fourth-order valence-electron chi connectivity index (χ4n) is 4.30. The van der Waals surface area contributed by atoms with Gasteiger partial charge in [0.1, 0.15) is 6.10 Å². The van der Waals surface area contributed by atoms with Gasteiger partial charge in [-0.3, -0.25) is 4.90 Å². The fraction of sp³-hybridized carbons (Fsp3) is 0.348. The van der Waals surface area contributed by atoms with Crippen molar-refractivity contribution in [1.82, 2.24) is 4.90 Å². The number of fused-ring (bicyclic) bond motifs is 2. The number of piperidine rings is 1. The number of carbonyl (C=O) groups is 1. The van der Waals surface area contributed by atoms with Crippen LogP contribution in [0.2, 0.25) is 5.02 Å². The normalized spacial score (nSPS) is 25.0. The van der Waals surface area contributed by atoms with Crippen molar-refractivity contribution in [1.29, 1.82) is 0 Å². The molecule has 140 valence electrons. The van der Waals surface area contributed by atoms with Gasteiger partial charge in [0.2, 0.25) is 0 Å². The minimum Gasteiger partial charge on any atom is -0.459 e. The Morgan fingerprint density at radius 2 is 1.70 bits per heavy atom. The van der Waals surface area contributed by atoms with Crippen LogP contribution < -0.4 is 0 Å². The third-order valence-corrected chi connectivity index (χ3v) is 5.87. The van der Waals surface area contributed by atoms with Gasteiger partial charge in [0.05, 0.1) is 5.56 Å². The number of nitrogens with zero attached hydrogens (tertiary/aromatic N) is 1. The average molecular weight is 382 g/mol. The van der Waals surface area contributed by atoms with E-state index in [1.165, 1.54) is 18.4 Å². The number of hydrogen-bond acceptors (Lipinski definition) is 3. The highest BCUT2D eigenvalue weighted by Crippen LogP contribution is 2.37. The molecule has 2 aliphatic heterocycles. The number of halogens is 1. The van der Waals surface area contributed by atoms with E-state index in [9.17, 15) is 4.79 Å². The molecule has 4 rings (SSSR count). The van der Waals surface area contributed by atoms with E-state index in [0.29, 0.717) is 22.7 Å². The lowest BCUT2D eigenvalue weighted by molar-refractivity contribution is -0.00342. The zero-order valence-electron chi connectivity index (χ0n) is 15.3. The van der Waals surface area contributed by atoms with E-state index in [2.05, 4.69) is 41.3 Å². The van der Waals surface area contributed by atoms with Crippen molar-refractivity contribution in [3.8, 4) is 0 Å². The van der Waals surface area contributed by atoms with Crippen molar-refractivity contribution in [2.24, 2.45) is 0 Å². The van der Waals surface area contributed by atoms with Crippen molar-refractivity contribution < 1.29 is 9.53 Å². The van der Waals surface area contributed by atoms with Crippen LogP contribution in [0.1, 0.15) is 41.6 Å². The summed E-state index contributed by atoms with van der Waals surface area (Å²) in [5, 5.41) is 0.626. The molecule has 2 aromatic rings. The van der Waals surface area contributed by atoms with E-state index in [-0.39, 0.29) is 12.1 Å². The summed E-state index contributed by atoms with van der Waals surface area (Å²) in [6.07, 6.45) is 8.69. The molecule has 0 aliphatic carbocycles. The predicted molar refractivity (Wildman–Crippen MR) is 109 cm³/mol. The number of hydrogen-bond donors (Lipinski definition) is 0. The van der Waals surface area contributed by atoms with Crippen molar-refractivity contribution >= 4 is 23.6 Å². The van der Waals surface area contributed by atoms with Crippen molar-refractivity contribution in [3.63, 3.8) is 0 Å². The molecule has 2 heterocycles. The van der Waals surface area contributed by atoms with Gasteiger partial charge in [0.25, 0.3) is 0 Å². The van der Waals surface area contributed by atoms with Crippen molar-refractivity contribution in [2.45, 2.75) is 43.9 Å². The summed E-state index contributed by atoms with van der Waals surface area (Å²) < 4.78 is 5.79. The Morgan fingerprint density at radius 1 is 1.04 bits per heavy atom. The number of benzene rings is 2. The van der Waals surface area contributed by atoms with Crippen LogP contribution in [0.3, 0.4) is 0 Å². The third-order valence-electron chi connectivity index (χ3n) is 5.62. The van der Waals surface area contributed by atoms with Gasteiger partial charge in [-0.1, -0.05) is 54.1 Å². The maximum atomic E-state index is 12.4. The van der Waals surface area contributed by atoms with Crippen LogP contribution in [0.25, 0.3) is 6.08 Å². The van der Waals surface area contributed by atoms with Crippen molar-refractivity contribution in [2.75, 3.05) is 6.54 Å². The average Bonchev–Trinajstić information content (AvgIpc) is 2.92. The van der Waals surface area contributed by atoms with Gasteiger partial charge < -0.3 is 4.74 Å². The Morgan fingerprint density at radius 3 is 2.37 bits per heavy atom. The summed E-state index contributed by atoms with van der Waals surface area (Å²) in [6.45, 7) is 0.960. The SMILES string of the molecule is O=C(OC1CC2CCC(C1)N2C/C=C/c1ccccc1)c1ccc(Cl)cc1. The maximum absolute atomic E-state index is 12.4. The number of esters is 1. The Kier molecular flexibility index (Phi) is 5.61. The van der Waals surface area contributed by atoms with Gasteiger partial charge in [-0.05, 0) is 42.7 Å². The molecular formula is C23H24ClNO2. The third kappa shape index (κ3) is 4.42. The summed E-state index contributed by atoms with van der Waals surface area (Å²) in [5.74, 6) is -0.242. The van der Waals surface area contributed by atoms with Crippen molar-refractivity contribution in [3.05, 3.63) is 76.8 Å². The van der Waals surface area contributed by atoms with Gasteiger partial charge in [-0.15, -0.1) is 0 Å². The smallest absolute Gasteiger partial charge is 0.338 e. The van der Waals surface area contributed by atoms with Crippen LogP contribution in [0, 0.1) is 0 Å². The van der Waals surface area contributed by atoms with Gasteiger partial charge >= 0.3 is 5.97 Å². The van der Waals surface area contributed by atoms with Gasteiger partial charge in [0, 0.05) is 36.5 Å². The molecule has 2 unspecified atom stereocenters. The molecule has 0 N–H and O–H groups in total. The van der Waals surface area contributed by atoms with Gasteiger partial charge in [-0.2, -0.15) is 0 Å². The highest BCUT2D eigenvalue weighted by atomic mass is 35.5. The molecule has 2 fully saturated rings. The van der Waals surface area contributed by atoms with Crippen LogP contribution in [0.5, 0.6) is 0 Å². The summed E-state index contributed by atoms with van der Waals surface area (Å²) in [5.41, 5.74) is 1.80. The van der Waals surface area contributed by atoms with Crippen LogP contribution >= 0.6 is 11.6 Å². The van der Waals surface area contributed by atoms with Crippen LogP contribution in [0.4, 0.5) is 0 Å². The number of ether oxygens (including phenoxy) is 1. The number of rotatable bonds is 5. The van der Waals surface area contributed by atoms with E-state index < -0.39 is 0 Å². The summed E-state index contributed by atoms with van der Waals surface area (Å²) in [6, 6.07) is 18.3. The lowest BCUT2D eigenvalue weighted by Crippen LogP contribution is -2.45. The zero-order valence-corrected chi connectivity index (χ0v) is 16.0. The monoisotopic (exact) mass is 381 g/mol. The maximum Gasteiger partial charge on any atom is 0.338 e. The van der Waals surface area contributed by atoms with E-state index in [4.69, 9.17) is 16.3 Å². The molecule has 0 amide bonds. The Bertz CT molecular complexity index is 789. The molecule has 2 aromatic carbocycles. The molecule has 27 heavy (non-hydrogen) atoms. The van der Waals surface area contributed by atoms with E-state index in [0.717, 1.165) is 19.4 Å². The molecule has 4 heteroatoms. The molecule has 2 bridgehead atoms. The Balaban J connectivity index is 1.32. The molecule has 2 aliphatic rings. The molecule has 3 nitrogen and oxygen atoms in total. The standard InChI is InChI=1S/C23H24ClNO2/c24-19-10-8-18(9-11-19)23(26)27-22-15-20-12-13-21(16-22)25(20)14-4-7-17-5-2-1-3-6-17/h1-11,20-22H,12-16H2/b7-4+. The first-order valence-corrected chi connectivity index (χ1v) is 10.0.